The van der Waals surface area contributed by atoms with E-state index >= 15 is 0 Å². The highest BCUT2D eigenvalue weighted by molar-refractivity contribution is 5.85. The summed E-state index contributed by atoms with van der Waals surface area (Å²) in [6.07, 6.45) is 0.675. The highest BCUT2D eigenvalue weighted by atomic mass is 16.6. The van der Waals surface area contributed by atoms with Gasteiger partial charge >= 0.3 is 12.1 Å². The van der Waals surface area contributed by atoms with Crippen LogP contribution in [0.5, 0.6) is 17.2 Å². The van der Waals surface area contributed by atoms with Crippen LogP contribution in [-0.2, 0) is 16.0 Å². The lowest BCUT2D eigenvalue weighted by molar-refractivity contribution is -0.136. The van der Waals surface area contributed by atoms with E-state index < -0.39 is 23.7 Å². The molecule has 3 aromatic carbocycles. The minimum atomic E-state index is -1.01. The van der Waals surface area contributed by atoms with Crippen LogP contribution in [0.15, 0.2) is 94.3 Å². The lowest BCUT2D eigenvalue weighted by Gasteiger charge is -2.23. The molecule has 1 aromatic heterocycles. The molecule has 0 bridgehead atoms. The zero-order chi connectivity index (χ0) is 26.4. The number of rotatable bonds is 7. The van der Waals surface area contributed by atoms with Crippen molar-refractivity contribution in [1.82, 2.24) is 5.32 Å². The van der Waals surface area contributed by atoms with Gasteiger partial charge in [0.25, 0.3) is 0 Å². The Morgan fingerprint density at radius 1 is 0.919 bits per heavy atom. The molecule has 0 saturated heterocycles. The zero-order valence-electron chi connectivity index (χ0n) is 20.7. The maximum atomic E-state index is 13.1. The smallest absolute Gasteiger partial charge is 0.408 e. The van der Waals surface area contributed by atoms with E-state index in [0.29, 0.717) is 5.75 Å². The summed E-state index contributed by atoms with van der Waals surface area (Å²) in [5, 5.41) is 2.86. The van der Waals surface area contributed by atoms with E-state index in [0.717, 1.165) is 5.56 Å². The number of ether oxygens (including phenoxy) is 3. The Morgan fingerprint density at radius 3 is 2.27 bits per heavy atom. The summed E-state index contributed by atoms with van der Waals surface area (Å²) >= 11 is 0. The van der Waals surface area contributed by atoms with Gasteiger partial charge in [0.1, 0.15) is 35.0 Å². The predicted octanol–water partition coefficient (Wildman–Crippen LogP) is 5.63. The van der Waals surface area contributed by atoms with Crippen molar-refractivity contribution in [3.63, 3.8) is 0 Å². The molecule has 0 spiro atoms. The summed E-state index contributed by atoms with van der Waals surface area (Å²) in [5.41, 5.74) is -0.0486. The van der Waals surface area contributed by atoms with Crippen molar-refractivity contribution < 1.29 is 28.2 Å². The molecule has 0 aliphatic heterocycles. The molecule has 190 valence electrons. The van der Waals surface area contributed by atoms with Crippen LogP contribution in [0.1, 0.15) is 26.3 Å². The molecule has 37 heavy (non-hydrogen) atoms. The highest BCUT2D eigenvalue weighted by Gasteiger charge is 2.26. The van der Waals surface area contributed by atoms with Gasteiger partial charge in [-0.25, -0.2) is 9.59 Å². The van der Waals surface area contributed by atoms with Crippen molar-refractivity contribution in [3.8, 4) is 17.2 Å². The van der Waals surface area contributed by atoms with E-state index in [1.807, 2.05) is 36.4 Å². The van der Waals surface area contributed by atoms with Crippen molar-refractivity contribution in [1.29, 1.82) is 0 Å². The van der Waals surface area contributed by atoms with Crippen LogP contribution < -0.4 is 20.2 Å². The second-order valence-electron chi connectivity index (χ2n) is 9.31. The minimum Gasteiger partial charge on any atom is -0.460 e. The van der Waals surface area contributed by atoms with E-state index in [1.165, 1.54) is 24.5 Å². The predicted molar refractivity (Wildman–Crippen MR) is 138 cm³/mol. The minimum absolute atomic E-state index is 0.0351. The molecule has 1 N–H and O–H groups in total. The molecule has 0 fully saturated rings. The number of esters is 1. The Hall–Kier alpha value is -4.59. The van der Waals surface area contributed by atoms with Crippen LogP contribution in [0.4, 0.5) is 4.79 Å². The first-order valence-electron chi connectivity index (χ1n) is 11.7. The Balaban J connectivity index is 1.53. The molecule has 0 radical (unpaired) electrons. The molecule has 8 nitrogen and oxygen atoms in total. The first-order valence-corrected chi connectivity index (χ1v) is 11.7. The molecule has 8 heteroatoms. The number of benzene rings is 3. The van der Waals surface area contributed by atoms with Gasteiger partial charge < -0.3 is 23.9 Å². The molecule has 0 aliphatic carbocycles. The third kappa shape index (κ3) is 6.98. The van der Waals surface area contributed by atoms with Crippen LogP contribution in [0.2, 0.25) is 0 Å². The average molecular weight is 502 g/mol. The van der Waals surface area contributed by atoms with Crippen LogP contribution in [0.25, 0.3) is 11.0 Å². The van der Waals surface area contributed by atoms with E-state index in [1.54, 1.807) is 45.0 Å². The third-order valence-electron chi connectivity index (χ3n) is 5.16. The number of hydrogen-bond donors (Lipinski definition) is 1. The first-order chi connectivity index (χ1) is 17.7. The third-order valence-corrected chi connectivity index (χ3v) is 5.16. The summed E-state index contributed by atoms with van der Waals surface area (Å²) in [5.74, 6) is -0.00329. The van der Waals surface area contributed by atoms with E-state index in [2.05, 4.69) is 5.32 Å². The molecule has 1 amide bonds. The van der Waals surface area contributed by atoms with Gasteiger partial charge in [-0.05, 0) is 50.6 Å². The molecule has 4 rings (SSSR count). The highest BCUT2D eigenvalue weighted by Crippen LogP contribution is 2.24. The topological polar surface area (TPSA) is 104 Å². The molecule has 1 atom stereocenters. The fourth-order valence-electron chi connectivity index (χ4n) is 3.52. The van der Waals surface area contributed by atoms with Crippen LogP contribution in [-0.4, -0.2) is 23.7 Å². The maximum Gasteiger partial charge on any atom is 0.408 e. The van der Waals surface area contributed by atoms with E-state index in [-0.39, 0.29) is 34.3 Å². The number of nitrogens with one attached hydrogen (secondary N) is 1. The van der Waals surface area contributed by atoms with Crippen LogP contribution in [0.3, 0.4) is 0 Å². The lowest BCUT2D eigenvalue weighted by Crippen LogP contribution is -2.46. The Kier molecular flexibility index (Phi) is 7.57. The number of para-hydroxylation sites is 1. The van der Waals surface area contributed by atoms with Gasteiger partial charge in [0.05, 0.1) is 5.39 Å². The van der Waals surface area contributed by atoms with Crippen molar-refractivity contribution in [2.24, 2.45) is 0 Å². The van der Waals surface area contributed by atoms with Gasteiger partial charge in [0, 0.05) is 12.5 Å². The van der Waals surface area contributed by atoms with E-state index in [4.69, 9.17) is 18.6 Å². The number of fused-ring (bicyclic) bond motifs is 1. The van der Waals surface area contributed by atoms with Crippen LogP contribution >= 0.6 is 0 Å². The van der Waals surface area contributed by atoms with Gasteiger partial charge in [0.2, 0.25) is 11.2 Å². The van der Waals surface area contributed by atoms with Gasteiger partial charge in [-0.1, -0.05) is 48.5 Å². The monoisotopic (exact) mass is 501 g/mol. The number of alkyl carbamates (subject to hydrolysis) is 1. The molecule has 0 aliphatic rings. The standard InChI is InChI=1S/C29H27NO7/c1-29(2,3)37-28(33)30-23(16-19-10-6-4-7-11-19)27(32)36-21-14-15-22-24(17-21)34-18-25(26(22)31)35-20-12-8-5-9-13-20/h4-15,17-18,23H,16H2,1-3H3,(H,30,33)/t23-/m0/s1. The van der Waals surface area contributed by atoms with Crippen molar-refractivity contribution in [2.75, 3.05) is 0 Å². The van der Waals surface area contributed by atoms with Crippen molar-refractivity contribution in [2.45, 2.75) is 38.8 Å². The molecule has 1 heterocycles. The fraction of sp³-hybridized carbons (Fsp3) is 0.207. The quantitative estimate of drug-likeness (QED) is 0.259. The molecule has 4 aromatic rings. The molecular weight excluding hydrogens is 474 g/mol. The van der Waals surface area contributed by atoms with Gasteiger partial charge in [-0.3, -0.25) is 4.79 Å². The first kappa shape index (κ1) is 25.5. The Bertz CT molecular complexity index is 1440. The second-order valence-corrected chi connectivity index (χ2v) is 9.31. The van der Waals surface area contributed by atoms with Crippen molar-refractivity contribution >= 4 is 23.0 Å². The molecular formula is C29H27NO7. The van der Waals surface area contributed by atoms with E-state index in [9.17, 15) is 14.4 Å². The van der Waals surface area contributed by atoms with Gasteiger partial charge in [-0.2, -0.15) is 0 Å². The maximum absolute atomic E-state index is 13.1. The molecule has 0 unspecified atom stereocenters. The second kappa shape index (κ2) is 11.0. The lowest BCUT2D eigenvalue weighted by atomic mass is 10.1. The number of carbonyl (C=O) groups excluding carboxylic acids is 2. The van der Waals surface area contributed by atoms with Gasteiger partial charge in [0.15, 0.2) is 0 Å². The summed E-state index contributed by atoms with van der Waals surface area (Å²) in [7, 11) is 0. The number of amides is 1. The summed E-state index contributed by atoms with van der Waals surface area (Å²) < 4.78 is 22.1. The molecule has 0 saturated carbocycles. The summed E-state index contributed by atoms with van der Waals surface area (Å²) in [4.78, 5) is 38.3. The zero-order valence-corrected chi connectivity index (χ0v) is 20.7. The summed E-state index contributed by atoms with van der Waals surface area (Å²) in [6.45, 7) is 5.20. The average Bonchev–Trinajstić information content (AvgIpc) is 2.85. The Morgan fingerprint density at radius 2 is 1.59 bits per heavy atom. The fourth-order valence-corrected chi connectivity index (χ4v) is 3.52. The van der Waals surface area contributed by atoms with Crippen LogP contribution in [0, 0.1) is 0 Å². The normalized spacial score (nSPS) is 12.0. The number of carbonyl (C=O) groups is 2. The van der Waals surface area contributed by atoms with Crippen molar-refractivity contribution in [3.05, 3.63) is 101 Å². The Labute approximate surface area is 213 Å². The number of hydrogen-bond acceptors (Lipinski definition) is 7. The van der Waals surface area contributed by atoms with Gasteiger partial charge in [-0.15, -0.1) is 0 Å². The largest absolute Gasteiger partial charge is 0.460 e. The SMILES string of the molecule is CC(C)(C)OC(=O)N[C@@H](Cc1ccccc1)C(=O)Oc1ccc2c(=O)c(Oc3ccccc3)coc2c1. The summed E-state index contributed by atoms with van der Waals surface area (Å²) in [6, 6.07) is 21.5.